The van der Waals surface area contributed by atoms with Gasteiger partial charge in [0.2, 0.25) is 0 Å². The van der Waals surface area contributed by atoms with Gasteiger partial charge in [0.05, 0.1) is 13.2 Å². The molecule has 1 fully saturated rings. The van der Waals surface area contributed by atoms with Crippen molar-refractivity contribution in [2.24, 2.45) is 0 Å². The lowest BCUT2D eigenvalue weighted by atomic mass is 10.4. The summed E-state index contributed by atoms with van der Waals surface area (Å²) in [5.41, 5.74) is 0. The molecule has 0 amide bonds. The summed E-state index contributed by atoms with van der Waals surface area (Å²) in [6, 6.07) is 0. The molecule has 0 bridgehead atoms. The minimum Gasteiger partial charge on any atom is -0.460 e. The van der Waals surface area contributed by atoms with Crippen molar-refractivity contribution in [3.05, 3.63) is 11.6 Å². The summed E-state index contributed by atoms with van der Waals surface area (Å²) in [6.45, 7) is 5.02. The van der Waals surface area contributed by atoms with Crippen molar-refractivity contribution in [1.29, 1.82) is 0 Å². The molecule has 6 nitrogen and oxygen atoms in total. The number of nitrogens with one attached hydrogen (secondary N) is 1. The van der Waals surface area contributed by atoms with E-state index < -0.39 is 5.97 Å². The molecule has 16 heavy (non-hydrogen) atoms. The lowest BCUT2D eigenvalue weighted by Crippen LogP contribution is -2.19. The fourth-order valence-corrected chi connectivity index (χ4v) is 1.81. The molecule has 1 aliphatic heterocycles. The third-order valence-corrected chi connectivity index (χ3v) is 2.56. The highest BCUT2D eigenvalue weighted by molar-refractivity contribution is 5.84. The van der Waals surface area contributed by atoms with Crippen LogP contribution in [0.2, 0.25) is 0 Å². The molecule has 2 heterocycles. The molecule has 0 unspecified atom stereocenters. The lowest BCUT2D eigenvalue weighted by Gasteiger charge is -2.10. The van der Waals surface area contributed by atoms with E-state index in [4.69, 9.17) is 4.74 Å². The van der Waals surface area contributed by atoms with Crippen molar-refractivity contribution in [1.82, 2.24) is 20.1 Å². The third kappa shape index (κ3) is 2.57. The van der Waals surface area contributed by atoms with Crippen molar-refractivity contribution in [2.45, 2.75) is 26.3 Å². The minimum atomic E-state index is -0.466. The quantitative estimate of drug-likeness (QED) is 0.757. The van der Waals surface area contributed by atoms with Gasteiger partial charge in [0, 0.05) is 0 Å². The van der Waals surface area contributed by atoms with E-state index in [0.717, 1.165) is 25.5 Å². The number of hydrogen-bond acceptors (Lipinski definition) is 5. The molecule has 1 aromatic rings. The predicted molar refractivity (Wildman–Crippen MR) is 56.9 cm³/mol. The van der Waals surface area contributed by atoms with E-state index in [1.807, 2.05) is 0 Å². The monoisotopic (exact) mass is 224 g/mol. The van der Waals surface area contributed by atoms with Gasteiger partial charge >= 0.3 is 5.97 Å². The topological polar surface area (TPSA) is 71.1 Å². The van der Waals surface area contributed by atoms with Crippen LogP contribution < -0.4 is 0 Å². The SMILES string of the molecule is CCOC(=O)c1n[nH]c(CN2CCCC2)n1. The first-order valence-corrected chi connectivity index (χ1v) is 5.60. The smallest absolute Gasteiger partial charge is 0.378 e. The number of esters is 1. The number of carbonyl (C=O) groups excluding carboxylic acids is 1. The summed E-state index contributed by atoms with van der Waals surface area (Å²) in [4.78, 5) is 17.7. The van der Waals surface area contributed by atoms with Gasteiger partial charge in [0.15, 0.2) is 0 Å². The Labute approximate surface area is 94.0 Å². The standard InChI is InChI=1S/C10H16N4O2/c1-2-16-10(15)9-11-8(12-13-9)7-14-5-3-4-6-14/h2-7H2,1H3,(H,11,12,13). The Bertz CT molecular complexity index is 357. The third-order valence-electron chi connectivity index (χ3n) is 2.56. The molecule has 6 heteroatoms. The number of carbonyl (C=O) groups is 1. The number of hydrogen-bond donors (Lipinski definition) is 1. The molecule has 1 saturated heterocycles. The van der Waals surface area contributed by atoms with Gasteiger partial charge in [-0.25, -0.2) is 9.78 Å². The summed E-state index contributed by atoms with van der Waals surface area (Å²) in [5.74, 6) is 0.382. The lowest BCUT2D eigenvalue weighted by molar-refractivity contribution is 0.0512. The molecule has 1 aliphatic rings. The van der Waals surface area contributed by atoms with Gasteiger partial charge < -0.3 is 4.74 Å². The van der Waals surface area contributed by atoms with E-state index in [2.05, 4.69) is 20.1 Å². The Morgan fingerprint density at radius 1 is 1.50 bits per heavy atom. The number of rotatable bonds is 4. The normalized spacial score (nSPS) is 16.6. The van der Waals surface area contributed by atoms with Crippen LogP contribution in [-0.2, 0) is 11.3 Å². The maximum Gasteiger partial charge on any atom is 0.378 e. The van der Waals surface area contributed by atoms with Crippen molar-refractivity contribution >= 4 is 5.97 Å². The Morgan fingerprint density at radius 3 is 2.94 bits per heavy atom. The van der Waals surface area contributed by atoms with Crippen LogP contribution in [0.3, 0.4) is 0 Å². The van der Waals surface area contributed by atoms with Gasteiger partial charge in [-0.1, -0.05) is 0 Å². The van der Waals surface area contributed by atoms with Crippen LogP contribution in [0.5, 0.6) is 0 Å². The van der Waals surface area contributed by atoms with Crippen LogP contribution in [0.4, 0.5) is 0 Å². The zero-order valence-corrected chi connectivity index (χ0v) is 9.40. The molecule has 0 spiro atoms. The van der Waals surface area contributed by atoms with Crippen molar-refractivity contribution in [3.63, 3.8) is 0 Å². The fraction of sp³-hybridized carbons (Fsp3) is 0.700. The first-order chi connectivity index (χ1) is 7.79. The van der Waals surface area contributed by atoms with Crippen LogP contribution in [0.1, 0.15) is 36.2 Å². The average Bonchev–Trinajstić information content (AvgIpc) is 2.90. The molecular formula is C10H16N4O2. The van der Waals surface area contributed by atoms with Gasteiger partial charge in [-0.3, -0.25) is 10.00 Å². The molecule has 0 atom stereocenters. The maximum absolute atomic E-state index is 11.3. The van der Waals surface area contributed by atoms with Crippen molar-refractivity contribution < 1.29 is 9.53 Å². The van der Waals surface area contributed by atoms with E-state index in [9.17, 15) is 4.79 Å². The van der Waals surface area contributed by atoms with Gasteiger partial charge in [-0.05, 0) is 32.9 Å². The molecule has 0 aromatic carbocycles. The summed E-state index contributed by atoms with van der Waals surface area (Å²) in [5, 5.41) is 6.61. The van der Waals surface area contributed by atoms with Gasteiger partial charge in [-0.15, -0.1) is 5.10 Å². The fourth-order valence-electron chi connectivity index (χ4n) is 1.81. The summed E-state index contributed by atoms with van der Waals surface area (Å²) >= 11 is 0. The zero-order chi connectivity index (χ0) is 11.4. The first kappa shape index (κ1) is 11.1. The van der Waals surface area contributed by atoms with Crippen LogP contribution >= 0.6 is 0 Å². The van der Waals surface area contributed by atoms with Crippen LogP contribution in [0.25, 0.3) is 0 Å². The number of ether oxygens (including phenoxy) is 1. The Morgan fingerprint density at radius 2 is 2.25 bits per heavy atom. The van der Waals surface area contributed by atoms with E-state index in [1.165, 1.54) is 12.8 Å². The molecule has 2 rings (SSSR count). The molecule has 0 aliphatic carbocycles. The largest absolute Gasteiger partial charge is 0.460 e. The van der Waals surface area contributed by atoms with Gasteiger partial charge in [0.25, 0.3) is 5.82 Å². The van der Waals surface area contributed by atoms with Crippen molar-refractivity contribution in [3.8, 4) is 0 Å². The number of aromatic amines is 1. The Kier molecular flexibility index (Phi) is 3.51. The highest BCUT2D eigenvalue weighted by Gasteiger charge is 2.17. The number of likely N-dealkylation sites (tertiary alicyclic amines) is 1. The van der Waals surface area contributed by atoms with Crippen LogP contribution in [0.15, 0.2) is 0 Å². The van der Waals surface area contributed by atoms with E-state index >= 15 is 0 Å². The predicted octanol–water partition coefficient (Wildman–Crippen LogP) is 0.577. The molecule has 0 radical (unpaired) electrons. The Balaban J connectivity index is 1.93. The second kappa shape index (κ2) is 5.07. The molecule has 88 valence electrons. The first-order valence-electron chi connectivity index (χ1n) is 5.60. The maximum atomic E-state index is 11.3. The van der Waals surface area contributed by atoms with Crippen molar-refractivity contribution in [2.75, 3.05) is 19.7 Å². The van der Waals surface area contributed by atoms with Crippen LogP contribution in [-0.4, -0.2) is 45.7 Å². The average molecular weight is 224 g/mol. The zero-order valence-electron chi connectivity index (χ0n) is 9.40. The number of H-pyrrole nitrogens is 1. The second-order valence-corrected chi connectivity index (χ2v) is 3.81. The molecular weight excluding hydrogens is 208 g/mol. The molecule has 1 aromatic heterocycles. The van der Waals surface area contributed by atoms with Crippen LogP contribution in [0, 0.1) is 0 Å². The summed E-state index contributed by atoms with van der Waals surface area (Å²) < 4.78 is 4.81. The van der Waals surface area contributed by atoms with E-state index in [-0.39, 0.29) is 5.82 Å². The summed E-state index contributed by atoms with van der Waals surface area (Å²) in [6.07, 6.45) is 2.47. The van der Waals surface area contributed by atoms with Gasteiger partial charge in [-0.2, -0.15) is 0 Å². The van der Waals surface area contributed by atoms with Gasteiger partial charge in [0.1, 0.15) is 5.82 Å². The number of aromatic nitrogens is 3. The van der Waals surface area contributed by atoms with E-state index in [1.54, 1.807) is 6.92 Å². The highest BCUT2D eigenvalue weighted by Crippen LogP contribution is 2.10. The van der Waals surface area contributed by atoms with E-state index in [0.29, 0.717) is 6.61 Å². The Hall–Kier alpha value is -1.43. The molecule has 1 N–H and O–H groups in total. The minimum absolute atomic E-state index is 0.121. The highest BCUT2D eigenvalue weighted by atomic mass is 16.5. The molecule has 0 saturated carbocycles. The summed E-state index contributed by atoms with van der Waals surface area (Å²) in [7, 11) is 0. The number of nitrogens with zero attached hydrogens (tertiary/aromatic N) is 3. The second-order valence-electron chi connectivity index (χ2n) is 3.81.